The van der Waals surface area contributed by atoms with Crippen LogP contribution < -0.4 is 0 Å². The van der Waals surface area contributed by atoms with Gasteiger partial charge in [0.2, 0.25) is 0 Å². The fourth-order valence-corrected chi connectivity index (χ4v) is 3.78. The highest BCUT2D eigenvalue weighted by Gasteiger charge is 2.30. The Bertz CT molecular complexity index is 503. The number of ether oxygens (including phenoxy) is 1. The topological polar surface area (TPSA) is 29.5 Å². The van der Waals surface area contributed by atoms with Crippen LogP contribution in [0.4, 0.5) is 0 Å². The standard InChI is InChI=1S/C19H27NO2S/c1-3-4-5-6-10-13-17(18-20(2)14-15-23-18)22-19(21)16-11-8-7-9-12-16/h7-9,11-12,14-15,17-18H,3-6,10,13H2,1-2H3/t17-,18?/m0/s1. The van der Waals surface area contributed by atoms with E-state index in [0.29, 0.717) is 5.56 Å². The van der Waals surface area contributed by atoms with E-state index in [1.54, 1.807) is 11.8 Å². The molecule has 2 rings (SSSR count). The highest BCUT2D eigenvalue weighted by molar-refractivity contribution is 8.02. The average molecular weight is 333 g/mol. The SMILES string of the molecule is CCCCCCC[C@H](OC(=O)c1ccccc1)C1SC=CN1C. The molecule has 23 heavy (non-hydrogen) atoms. The van der Waals surface area contributed by atoms with Crippen molar-refractivity contribution in [1.29, 1.82) is 0 Å². The number of benzene rings is 1. The maximum Gasteiger partial charge on any atom is 0.338 e. The van der Waals surface area contributed by atoms with E-state index in [4.69, 9.17) is 4.74 Å². The number of likely N-dealkylation sites (N-methyl/N-ethyl adjacent to an activating group) is 1. The van der Waals surface area contributed by atoms with E-state index in [1.165, 1.54) is 25.7 Å². The minimum absolute atomic E-state index is 0.0747. The van der Waals surface area contributed by atoms with E-state index in [9.17, 15) is 4.79 Å². The summed E-state index contributed by atoms with van der Waals surface area (Å²) >= 11 is 1.73. The number of esters is 1. The molecular weight excluding hydrogens is 306 g/mol. The van der Waals surface area contributed by atoms with Crippen LogP contribution >= 0.6 is 11.8 Å². The van der Waals surface area contributed by atoms with Crippen LogP contribution in [0.15, 0.2) is 41.9 Å². The fraction of sp³-hybridized carbons (Fsp3) is 0.526. The van der Waals surface area contributed by atoms with Gasteiger partial charge in [0.15, 0.2) is 0 Å². The molecule has 1 unspecified atom stereocenters. The first kappa shape index (κ1) is 17.9. The minimum Gasteiger partial charge on any atom is -0.456 e. The van der Waals surface area contributed by atoms with Crippen LogP contribution in [0.3, 0.4) is 0 Å². The summed E-state index contributed by atoms with van der Waals surface area (Å²) in [6.45, 7) is 2.22. The van der Waals surface area contributed by atoms with Crippen LogP contribution in [-0.4, -0.2) is 29.4 Å². The van der Waals surface area contributed by atoms with Gasteiger partial charge in [-0.25, -0.2) is 4.79 Å². The van der Waals surface area contributed by atoms with Gasteiger partial charge in [0, 0.05) is 13.2 Å². The summed E-state index contributed by atoms with van der Waals surface area (Å²) < 4.78 is 5.86. The van der Waals surface area contributed by atoms with Crippen molar-refractivity contribution < 1.29 is 9.53 Å². The van der Waals surface area contributed by atoms with Crippen LogP contribution in [0.5, 0.6) is 0 Å². The van der Waals surface area contributed by atoms with Gasteiger partial charge in [-0.05, 0) is 30.4 Å². The quantitative estimate of drug-likeness (QED) is 0.467. The number of unbranched alkanes of at least 4 members (excludes halogenated alkanes) is 4. The first-order valence-corrected chi connectivity index (χ1v) is 9.46. The second kappa shape index (κ2) is 9.66. The van der Waals surface area contributed by atoms with Crippen molar-refractivity contribution in [2.45, 2.75) is 56.9 Å². The molecule has 0 aromatic heterocycles. The van der Waals surface area contributed by atoms with E-state index in [1.807, 2.05) is 37.4 Å². The second-order valence-electron chi connectivity index (χ2n) is 5.99. The highest BCUT2D eigenvalue weighted by atomic mass is 32.2. The maximum atomic E-state index is 12.4. The summed E-state index contributed by atoms with van der Waals surface area (Å²) in [6.07, 6.45) is 9.02. The van der Waals surface area contributed by atoms with Crippen LogP contribution in [-0.2, 0) is 4.74 Å². The highest BCUT2D eigenvalue weighted by Crippen LogP contribution is 2.30. The zero-order valence-electron chi connectivity index (χ0n) is 14.1. The first-order chi connectivity index (χ1) is 11.2. The normalized spacial score (nSPS) is 18.2. The van der Waals surface area contributed by atoms with Gasteiger partial charge in [-0.1, -0.05) is 50.8 Å². The predicted octanol–water partition coefficient (Wildman–Crippen LogP) is 5.05. The summed E-state index contributed by atoms with van der Waals surface area (Å²) in [4.78, 5) is 14.5. The zero-order chi connectivity index (χ0) is 16.5. The molecule has 0 saturated carbocycles. The molecule has 4 heteroatoms. The molecule has 2 atom stereocenters. The monoisotopic (exact) mass is 333 g/mol. The Morgan fingerprint density at radius 3 is 2.61 bits per heavy atom. The number of carbonyl (C=O) groups excluding carboxylic acids is 1. The molecule has 0 N–H and O–H groups in total. The molecule has 3 nitrogen and oxygen atoms in total. The lowest BCUT2D eigenvalue weighted by Gasteiger charge is -2.29. The Hall–Kier alpha value is -1.42. The van der Waals surface area contributed by atoms with Crippen molar-refractivity contribution >= 4 is 17.7 Å². The van der Waals surface area contributed by atoms with Crippen LogP contribution in [0.2, 0.25) is 0 Å². The lowest BCUT2D eigenvalue weighted by Crippen LogP contribution is -2.36. The van der Waals surface area contributed by atoms with Crippen molar-refractivity contribution in [2.75, 3.05) is 7.05 Å². The van der Waals surface area contributed by atoms with Gasteiger partial charge in [0.1, 0.15) is 11.5 Å². The average Bonchev–Trinajstić information content (AvgIpc) is 3.00. The van der Waals surface area contributed by atoms with Gasteiger partial charge in [-0.3, -0.25) is 0 Å². The van der Waals surface area contributed by atoms with E-state index in [0.717, 1.165) is 12.8 Å². The minimum atomic E-state index is -0.218. The van der Waals surface area contributed by atoms with E-state index >= 15 is 0 Å². The number of thioether (sulfide) groups is 1. The number of nitrogens with zero attached hydrogens (tertiary/aromatic N) is 1. The molecule has 0 fully saturated rings. The van der Waals surface area contributed by atoms with E-state index in [2.05, 4.69) is 23.4 Å². The number of rotatable bonds is 9. The van der Waals surface area contributed by atoms with Crippen LogP contribution in [0, 0.1) is 0 Å². The molecule has 0 saturated heterocycles. The van der Waals surface area contributed by atoms with E-state index in [-0.39, 0.29) is 17.4 Å². The van der Waals surface area contributed by atoms with E-state index < -0.39 is 0 Å². The van der Waals surface area contributed by atoms with Crippen molar-refractivity contribution in [3.05, 3.63) is 47.5 Å². The fourth-order valence-electron chi connectivity index (χ4n) is 2.73. The Balaban J connectivity index is 1.91. The lowest BCUT2D eigenvalue weighted by molar-refractivity contribution is 0.0189. The van der Waals surface area contributed by atoms with Gasteiger partial charge >= 0.3 is 5.97 Å². The second-order valence-corrected chi connectivity index (χ2v) is 7.02. The maximum absolute atomic E-state index is 12.4. The van der Waals surface area contributed by atoms with Gasteiger partial charge in [-0.2, -0.15) is 0 Å². The number of hydrogen-bond acceptors (Lipinski definition) is 4. The Kier molecular flexibility index (Phi) is 7.53. The van der Waals surface area contributed by atoms with Crippen LogP contribution in [0.1, 0.15) is 55.8 Å². The molecule has 1 aromatic rings. The summed E-state index contributed by atoms with van der Waals surface area (Å²) in [5.41, 5.74) is 0.627. The zero-order valence-corrected chi connectivity index (χ0v) is 14.9. The van der Waals surface area contributed by atoms with Gasteiger partial charge in [-0.15, -0.1) is 11.8 Å². The lowest BCUT2D eigenvalue weighted by atomic mass is 10.1. The molecule has 0 aliphatic carbocycles. The summed E-state index contributed by atoms with van der Waals surface area (Å²) in [5.74, 6) is -0.218. The number of hydrogen-bond donors (Lipinski definition) is 0. The molecule has 0 bridgehead atoms. The first-order valence-electron chi connectivity index (χ1n) is 8.52. The molecule has 0 amide bonds. The summed E-state index contributed by atoms with van der Waals surface area (Å²) in [7, 11) is 2.04. The third-order valence-electron chi connectivity index (χ3n) is 4.09. The molecular formula is C19H27NO2S. The van der Waals surface area contributed by atoms with Crippen molar-refractivity contribution in [3.8, 4) is 0 Å². The number of carbonyl (C=O) groups is 1. The van der Waals surface area contributed by atoms with Crippen LogP contribution in [0.25, 0.3) is 0 Å². The third kappa shape index (κ3) is 5.61. The largest absolute Gasteiger partial charge is 0.456 e. The molecule has 1 heterocycles. The van der Waals surface area contributed by atoms with Crippen molar-refractivity contribution in [1.82, 2.24) is 4.90 Å². The predicted molar refractivity (Wildman–Crippen MR) is 97.3 cm³/mol. The summed E-state index contributed by atoms with van der Waals surface area (Å²) in [6, 6.07) is 9.27. The summed E-state index contributed by atoms with van der Waals surface area (Å²) in [5, 5.41) is 2.26. The molecule has 126 valence electrons. The Morgan fingerprint density at radius 1 is 1.22 bits per heavy atom. The van der Waals surface area contributed by atoms with Gasteiger partial charge in [0.05, 0.1) is 5.56 Å². The molecule has 0 radical (unpaired) electrons. The van der Waals surface area contributed by atoms with Crippen molar-refractivity contribution in [2.24, 2.45) is 0 Å². The molecule has 1 aliphatic heterocycles. The smallest absolute Gasteiger partial charge is 0.338 e. The Labute approximate surface area is 144 Å². The molecule has 0 spiro atoms. The molecule has 1 aromatic carbocycles. The van der Waals surface area contributed by atoms with Gasteiger partial charge < -0.3 is 9.64 Å². The third-order valence-corrected chi connectivity index (χ3v) is 5.29. The molecule has 1 aliphatic rings. The van der Waals surface area contributed by atoms with Crippen molar-refractivity contribution in [3.63, 3.8) is 0 Å². The van der Waals surface area contributed by atoms with Gasteiger partial charge in [0.25, 0.3) is 0 Å². The Morgan fingerprint density at radius 2 is 1.96 bits per heavy atom.